The lowest BCUT2D eigenvalue weighted by Crippen LogP contribution is -2.31. The largest absolute Gasteiger partial charge is 0.348 e. The predicted octanol–water partition coefficient (Wildman–Crippen LogP) is 3.93. The molecule has 2 heterocycles. The quantitative estimate of drug-likeness (QED) is 0.461. The van der Waals surface area contributed by atoms with E-state index in [9.17, 15) is 4.79 Å². The van der Waals surface area contributed by atoms with Crippen LogP contribution in [0.3, 0.4) is 0 Å². The summed E-state index contributed by atoms with van der Waals surface area (Å²) < 4.78 is 1.70. The van der Waals surface area contributed by atoms with Gasteiger partial charge < -0.3 is 5.32 Å². The Kier molecular flexibility index (Phi) is 6.09. The molecule has 2 aromatic heterocycles. The zero-order valence-corrected chi connectivity index (χ0v) is 17.8. The van der Waals surface area contributed by atoms with Gasteiger partial charge in [0, 0.05) is 11.4 Å². The average molecular weight is 418 g/mol. The van der Waals surface area contributed by atoms with Crippen LogP contribution in [0.1, 0.15) is 28.6 Å². The maximum absolute atomic E-state index is 12.7. The summed E-state index contributed by atoms with van der Waals surface area (Å²) in [6, 6.07) is 22.1. The number of aryl methyl sites for hydroxylation is 2. The Bertz CT molecular complexity index is 1140. The standard InChI is InChI=1S/C23H23N5OS/c1-16-13-17(2)28-22(24-16)26-23(27-28)30-15-21(29)25-20(19-11-7-4-8-12-19)14-18-9-5-3-6-10-18/h3-13,20H,14-15H2,1-2H3,(H,25,29)/t20-/m0/s1. The molecular weight excluding hydrogens is 394 g/mol. The molecule has 0 fully saturated rings. The lowest BCUT2D eigenvalue weighted by Gasteiger charge is -2.19. The van der Waals surface area contributed by atoms with Gasteiger partial charge in [0.2, 0.25) is 11.1 Å². The monoisotopic (exact) mass is 417 g/mol. The number of amides is 1. The number of carbonyl (C=O) groups is 1. The van der Waals surface area contributed by atoms with E-state index in [1.807, 2.05) is 68.4 Å². The number of fused-ring (bicyclic) bond motifs is 1. The molecule has 1 N–H and O–H groups in total. The molecule has 30 heavy (non-hydrogen) atoms. The zero-order chi connectivity index (χ0) is 20.9. The summed E-state index contributed by atoms with van der Waals surface area (Å²) >= 11 is 1.32. The fourth-order valence-electron chi connectivity index (χ4n) is 3.36. The maximum atomic E-state index is 12.7. The number of aromatic nitrogens is 4. The van der Waals surface area contributed by atoms with Crippen molar-refractivity contribution in [1.29, 1.82) is 0 Å². The summed E-state index contributed by atoms with van der Waals surface area (Å²) in [6.45, 7) is 3.89. The Morgan fingerprint density at radius 1 is 1.03 bits per heavy atom. The number of thioether (sulfide) groups is 1. The van der Waals surface area contributed by atoms with Gasteiger partial charge in [-0.05, 0) is 37.5 Å². The van der Waals surface area contributed by atoms with Gasteiger partial charge in [-0.15, -0.1) is 5.10 Å². The zero-order valence-electron chi connectivity index (χ0n) is 16.9. The molecule has 0 aliphatic heterocycles. The SMILES string of the molecule is Cc1cc(C)n2nc(SCC(=O)N[C@@H](Cc3ccccc3)c3ccccc3)nc2n1. The molecule has 0 aliphatic carbocycles. The van der Waals surface area contributed by atoms with Crippen molar-refractivity contribution in [3.63, 3.8) is 0 Å². The first-order chi connectivity index (χ1) is 14.6. The van der Waals surface area contributed by atoms with Crippen molar-refractivity contribution in [2.75, 3.05) is 5.75 Å². The van der Waals surface area contributed by atoms with Crippen LogP contribution in [-0.2, 0) is 11.2 Å². The highest BCUT2D eigenvalue weighted by molar-refractivity contribution is 7.99. The molecule has 1 amide bonds. The van der Waals surface area contributed by atoms with E-state index in [4.69, 9.17) is 0 Å². The van der Waals surface area contributed by atoms with E-state index >= 15 is 0 Å². The van der Waals surface area contributed by atoms with Gasteiger partial charge in [-0.1, -0.05) is 72.4 Å². The van der Waals surface area contributed by atoms with Gasteiger partial charge in [0.25, 0.3) is 5.78 Å². The Morgan fingerprint density at radius 2 is 1.73 bits per heavy atom. The molecule has 7 heteroatoms. The third-order valence-electron chi connectivity index (χ3n) is 4.75. The molecule has 4 aromatic rings. The minimum atomic E-state index is -0.0951. The first kappa shape index (κ1) is 20.1. The maximum Gasteiger partial charge on any atom is 0.253 e. The number of hydrogen-bond acceptors (Lipinski definition) is 5. The molecule has 0 spiro atoms. The van der Waals surface area contributed by atoms with Crippen LogP contribution in [0.5, 0.6) is 0 Å². The average Bonchev–Trinajstić information content (AvgIpc) is 3.16. The van der Waals surface area contributed by atoms with E-state index in [0.29, 0.717) is 10.9 Å². The van der Waals surface area contributed by atoms with Gasteiger partial charge in [-0.2, -0.15) is 4.98 Å². The Hall–Kier alpha value is -3.19. The lowest BCUT2D eigenvalue weighted by atomic mass is 9.99. The minimum absolute atomic E-state index is 0.0514. The first-order valence-electron chi connectivity index (χ1n) is 9.80. The van der Waals surface area contributed by atoms with Crippen LogP contribution in [-0.4, -0.2) is 31.2 Å². The van der Waals surface area contributed by atoms with Crippen LogP contribution >= 0.6 is 11.8 Å². The second-order valence-corrected chi connectivity index (χ2v) is 8.10. The fourth-order valence-corrected chi connectivity index (χ4v) is 3.99. The fraction of sp³-hybridized carbons (Fsp3) is 0.217. The van der Waals surface area contributed by atoms with Crippen LogP contribution in [0.4, 0.5) is 0 Å². The molecule has 2 aromatic carbocycles. The molecule has 1 atom stereocenters. The Morgan fingerprint density at radius 3 is 2.47 bits per heavy atom. The molecule has 0 saturated carbocycles. The number of hydrogen-bond donors (Lipinski definition) is 1. The molecular formula is C23H23N5OS. The van der Waals surface area contributed by atoms with Gasteiger partial charge in [0.1, 0.15) is 0 Å². The van der Waals surface area contributed by atoms with E-state index in [1.54, 1.807) is 4.52 Å². The van der Waals surface area contributed by atoms with Gasteiger partial charge in [0.15, 0.2) is 0 Å². The Labute approximate surface area is 179 Å². The first-order valence-corrected chi connectivity index (χ1v) is 10.8. The van der Waals surface area contributed by atoms with Crippen LogP contribution < -0.4 is 5.32 Å². The third-order valence-corrected chi connectivity index (χ3v) is 5.59. The predicted molar refractivity (Wildman–Crippen MR) is 118 cm³/mol. The highest BCUT2D eigenvalue weighted by atomic mass is 32.2. The summed E-state index contributed by atoms with van der Waals surface area (Å²) in [5.41, 5.74) is 4.13. The van der Waals surface area contributed by atoms with E-state index < -0.39 is 0 Å². The highest BCUT2D eigenvalue weighted by Gasteiger charge is 2.16. The molecule has 0 bridgehead atoms. The molecule has 0 unspecified atom stereocenters. The molecule has 0 radical (unpaired) electrons. The van der Waals surface area contributed by atoms with Crippen molar-refractivity contribution in [1.82, 2.24) is 24.9 Å². The second-order valence-electron chi connectivity index (χ2n) is 7.15. The van der Waals surface area contributed by atoms with Crippen LogP contribution in [0.15, 0.2) is 71.9 Å². The van der Waals surface area contributed by atoms with Crippen molar-refractivity contribution < 1.29 is 4.79 Å². The van der Waals surface area contributed by atoms with Crippen LogP contribution in [0, 0.1) is 13.8 Å². The van der Waals surface area contributed by atoms with Gasteiger partial charge in [-0.25, -0.2) is 9.50 Å². The van der Waals surface area contributed by atoms with Crippen molar-refractivity contribution in [2.24, 2.45) is 0 Å². The van der Waals surface area contributed by atoms with Crippen LogP contribution in [0.2, 0.25) is 0 Å². The number of benzene rings is 2. The summed E-state index contributed by atoms with van der Waals surface area (Å²) in [5, 5.41) is 8.17. The van der Waals surface area contributed by atoms with E-state index in [1.165, 1.54) is 17.3 Å². The second kappa shape index (κ2) is 9.09. The van der Waals surface area contributed by atoms with E-state index in [0.717, 1.165) is 23.4 Å². The summed E-state index contributed by atoms with van der Waals surface area (Å²) in [4.78, 5) is 21.5. The third kappa shape index (κ3) is 4.86. The number of rotatable bonds is 7. The molecule has 152 valence electrons. The van der Waals surface area contributed by atoms with Crippen molar-refractivity contribution in [3.05, 3.63) is 89.2 Å². The van der Waals surface area contributed by atoms with Crippen molar-refractivity contribution in [2.45, 2.75) is 31.5 Å². The van der Waals surface area contributed by atoms with E-state index in [-0.39, 0.29) is 17.7 Å². The van der Waals surface area contributed by atoms with E-state index in [2.05, 4.69) is 32.5 Å². The molecule has 0 saturated heterocycles. The van der Waals surface area contributed by atoms with Gasteiger partial charge >= 0.3 is 0 Å². The van der Waals surface area contributed by atoms with Crippen molar-refractivity contribution in [3.8, 4) is 0 Å². The number of nitrogens with one attached hydrogen (secondary N) is 1. The van der Waals surface area contributed by atoms with Crippen LogP contribution in [0.25, 0.3) is 5.78 Å². The lowest BCUT2D eigenvalue weighted by molar-refractivity contribution is -0.119. The molecule has 4 rings (SSSR count). The summed E-state index contributed by atoms with van der Waals surface area (Å²) in [6.07, 6.45) is 0.732. The Balaban J connectivity index is 1.44. The van der Waals surface area contributed by atoms with Gasteiger partial charge in [-0.3, -0.25) is 4.79 Å². The summed E-state index contributed by atoms with van der Waals surface area (Å²) in [7, 11) is 0. The number of nitrogens with zero attached hydrogens (tertiary/aromatic N) is 4. The minimum Gasteiger partial charge on any atom is -0.348 e. The smallest absolute Gasteiger partial charge is 0.253 e. The molecule has 6 nitrogen and oxygen atoms in total. The molecule has 0 aliphatic rings. The van der Waals surface area contributed by atoms with Gasteiger partial charge in [0.05, 0.1) is 11.8 Å². The highest BCUT2D eigenvalue weighted by Crippen LogP contribution is 2.20. The number of carbonyl (C=O) groups excluding carboxylic acids is 1. The normalized spacial score (nSPS) is 12.1. The summed E-state index contributed by atoms with van der Waals surface area (Å²) in [5.74, 6) is 0.749. The van der Waals surface area contributed by atoms with Crippen molar-refractivity contribution >= 4 is 23.4 Å². The topological polar surface area (TPSA) is 72.2 Å².